The van der Waals surface area contributed by atoms with Crippen molar-refractivity contribution < 1.29 is 0 Å². The number of fused-ring (bicyclic) bond motifs is 7. The first-order chi connectivity index (χ1) is 32.5. The molecule has 0 heterocycles. The Morgan fingerprint density at radius 3 is 1.54 bits per heavy atom. The standard InChI is InChI=1S/C66H57N/c1-63(2)39-40-64(3,4)59-41-46(35-38-56(59)63)52-42-53-50-27-16-19-30-55(50)66(47-23-12-8-13-24-47,48-25-14-9-15-26-48)58(53)43-61(52)67(49-36-33-45(34-37-49)44-21-10-7-11-22-44)60-32-20-31-57-62(60)51-28-17-18-29-54(51)65(57,5)6/h7-38,41-43H,39-40H2,1-6H3. The number of hydrogen-bond acceptors (Lipinski definition) is 1. The van der Waals surface area contributed by atoms with Crippen molar-refractivity contribution in [1.29, 1.82) is 0 Å². The molecule has 0 fully saturated rings. The predicted octanol–water partition coefficient (Wildman–Crippen LogP) is 17.5. The Bertz CT molecular complexity index is 3310. The molecule has 0 unspecified atom stereocenters. The minimum atomic E-state index is -0.570. The molecule has 0 amide bonds. The average Bonchev–Trinajstić information content (AvgIpc) is 3.79. The van der Waals surface area contributed by atoms with Gasteiger partial charge in [-0.2, -0.15) is 0 Å². The van der Waals surface area contributed by atoms with E-state index in [0.717, 1.165) is 12.1 Å². The minimum absolute atomic E-state index is 0.0443. The first-order valence-corrected chi connectivity index (χ1v) is 24.2. The molecule has 0 atom stereocenters. The molecule has 0 saturated heterocycles. The van der Waals surface area contributed by atoms with Gasteiger partial charge in [-0.25, -0.2) is 0 Å². The summed E-state index contributed by atoms with van der Waals surface area (Å²) in [7, 11) is 0. The summed E-state index contributed by atoms with van der Waals surface area (Å²) in [4.78, 5) is 2.61. The Kier molecular flexibility index (Phi) is 9.33. The molecule has 12 rings (SSSR count). The number of benzene rings is 9. The average molecular weight is 864 g/mol. The highest BCUT2D eigenvalue weighted by atomic mass is 15.1. The molecule has 0 radical (unpaired) electrons. The van der Waals surface area contributed by atoms with Crippen LogP contribution in [0.25, 0.3) is 44.5 Å². The largest absolute Gasteiger partial charge is 0.309 e. The van der Waals surface area contributed by atoms with Crippen molar-refractivity contribution in [2.45, 2.75) is 76.0 Å². The van der Waals surface area contributed by atoms with E-state index in [-0.39, 0.29) is 16.2 Å². The second-order valence-corrected chi connectivity index (χ2v) is 21.1. The highest BCUT2D eigenvalue weighted by Gasteiger charge is 2.47. The summed E-state index contributed by atoms with van der Waals surface area (Å²) < 4.78 is 0. The molecule has 0 aromatic heterocycles. The maximum Gasteiger partial charge on any atom is 0.0714 e. The number of rotatable bonds is 7. The molecule has 9 aromatic carbocycles. The van der Waals surface area contributed by atoms with Gasteiger partial charge in [0, 0.05) is 22.2 Å². The lowest BCUT2D eigenvalue weighted by Crippen LogP contribution is -2.33. The van der Waals surface area contributed by atoms with Crippen LogP contribution in [-0.2, 0) is 21.7 Å². The van der Waals surface area contributed by atoms with Crippen molar-refractivity contribution in [3.63, 3.8) is 0 Å². The zero-order valence-electron chi connectivity index (χ0n) is 39.6. The van der Waals surface area contributed by atoms with Crippen LogP contribution >= 0.6 is 0 Å². The highest BCUT2D eigenvalue weighted by Crippen LogP contribution is 2.61. The molecule has 0 saturated carbocycles. The topological polar surface area (TPSA) is 3.24 Å². The Morgan fingerprint density at radius 1 is 0.328 bits per heavy atom. The molecule has 1 nitrogen and oxygen atoms in total. The van der Waals surface area contributed by atoms with Crippen molar-refractivity contribution in [3.8, 4) is 44.5 Å². The van der Waals surface area contributed by atoms with Gasteiger partial charge in [-0.3, -0.25) is 0 Å². The van der Waals surface area contributed by atoms with Crippen molar-refractivity contribution in [1.82, 2.24) is 0 Å². The molecule has 0 spiro atoms. The fourth-order valence-electron chi connectivity index (χ4n) is 12.4. The van der Waals surface area contributed by atoms with Gasteiger partial charge >= 0.3 is 0 Å². The molecule has 0 N–H and O–H groups in total. The second-order valence-electron chi connectivity index (χ2n) is 21.1. The van der Waals surface area contributed by atoms with E-state index in [2.05, 4.69) is 259 Å². The fourth-order valence-corrected chi connectivity index (χ4v) is 12.4. The van der Waals surface area contributed by atoms with Gasteiger partial charge in [-0.05, 0) is 132 Å². The summed E-state index contributed by atoms with van der Waals surface area (Å²) in [5, 5.41) is 0. The molecular weight excluding hydrogens is 807 g/mol. The summed E-state index contributed by atoms with van der Waals surface area (Å²) in [6.07, 6.45) is 2.33. The van der Waals surface area contributed by atoms with Crippen LogP contribution in [0, 0.1) is 0 Å². The van der Waals surface area contributed by atoms with Crippen LogP contribution in [0.5, 0.6) is 0 Å². The van der Waals surface area contributed by atoms with Gasteiger partial charge < -0.3 is 4.90 Å². The predicted molar refractivity (Wildman–Crippen MR) is 282 cm³/mol. The van der Waals surface area contributed by atoms with Crippen LogP contribution in [0.1, 0.15) is 98.9 Å². The third-order valence-corrected chi connectivity index (χ3v) is 16.0. The lowest BCUT2D eigenvalue weighted by Gasteiger charge is -2.42. The maximum absolute atomic E-state index is 2.61. The lowest BCUT2D eigenvalue weighted by atomic mass is 9.63. The Labute approximate surface area is 397 Å². The Balaban J connectivity index is 1.22. The summed E-state index contributed by atoms with van der Waals surface area (Å²) in [6.45, 7) is 14.5. The summed E-state index contributed by atoms with van der Waals surface area (Å²) in [6, 6.07) is 80.4. The Hall–Kier alpha value is -7.22. The smallest absolute Gasteiger partial charge is 0.0714 e. The first kappa shape index (κ1) is 41.2. The third kappa shape index (κ3) is 6.20. The number of anilines is 3. The van der Waals surface area contributed by atoms with E-state index in [4.69, 9.17) is 0 Å². The van der Waals surface area contributed by atoms with E-state index in [9.17, 15) is 0 Å². The van der Waals surface area contributed by atoms with Gasteiger partial charge in [-0.1, -0.05) is 224 Å². The summed E-state index contributed by atoms with van der Waals surface area (Å²) in [5.41, 5.74) is 23.7. The molecule has 67 heavy (non-hydrogen) atoms. The van der Waals surface area contributed by atoms with Crippen LogP contribution < -0.4 is 4.90 Å². The minimum Gasteiger partial charge on any atom is -0.309 e. The van der Waals surface area contributed by atoms with Crippen LogP contribution in [0.4, 0.5) is 17.1 Å². The molecule has 1 heteroatoms. The van der Waals surface area contributed by atoms with Crippen molar-refractivity contribution in [3.05, 3.63) is 257 Å². The molecule has 3 aliphatic carbocycles. The fraction of sp³-hybridized carbons (Fsp3) is 0.182. The van der Waals surface area contributed by atoms with Gasteiger partial charge in [0.1, 0.15) is 0 Å². The first-order valence-electron chi connectivity index (χ1n) is 24.2. The monoisotopic (exact) mass is 863 g/mol. The third-order valence-electron chi connectivity index (χ3n) is 16.0. The van der Waals surface area contributed by atoms with Crippen LogP contribution in [0.2, 0.25) is 0 Å². The summed E-state index contributed by atoms with van der Waals surface area (Å²) in [5.74, 6) is 0. The Morgan fingerprint density at radius 2 is 0.866 bits per heavy atom. The molecule has 0 bridgehead atoms. The van der Waals surface area contributed by atoms with Gasteiger partial charge in [0.2, 0.25) is 0 Å². The van der Waals surface area contributed by atoms with Crippen LogP contribution in [0.3, 0.4) is 0 Å². The molecular formula is C66H57N. The highest BCUT2D eigenvalue weighted by molar-refractivity contribution is 6.01. The quantitative estimate of drug-likeness (QED) is 0.154. The lowest BCUT2D eigenvalue weighted by molar-refractivity contribution is 0.332. The van der Waals surface area contributed by atoms with E-state index in [1.165, 1.54) is 107 Å². The van der Waals surface area contributed by atoms with E-state index >= 15 is 0 Å². The van der Waals surface area contributed by atoms with Crippen LogP contribution in [0.15, 0.2) is 212 Å². The zero-order chi connectivity index (χ0) is 45.7. The van der Waals surface area contributed by atoms with Gasteiger partial charge in [0.25, 0.3) is 0 Å². The van der Waals surface area contributed by atoms with E-state index in [1.807, 2.05) is 0 Å². The number of hydrogen-bond donors (Lipinski definition) is 0. The summed E-state index contributed by atoms with van der Waals surface area (Å²) >= 11 is 0. The van der Waals surface area contributed by atoms with Gasteiger partial charge in [-0.15, -0.1) is 0 Å². The van der Waals surface area contributed by atoms with E-state index in [0.29, 0.717) is 0 Å². The van der Waals surface area contributed by atoms with Crippen molar-refractivity contribution in [2.24, 2.45) is 0 Å². The van der Waals surface area contributed by atoms with Crippen LogP contribution in [-0.4, -0.2) is 0 Å². The SMILES string of the molecule is CC1(C)CCC(C)(C)c2cc(-c3cc4c(cc3N(c3ccc(-c5ccccc5)cc3)c3cccc5c3-c3ccccc3C5(C)C)C(c3ccccc3)(c3ccccc3)c3ccccc3-4)ccc21. The van der Waals surface area contributed by atoms with Crippen molar-refractivity contribution >= 4 is 17.1 Å². The molecule has 3 aliphatic rings. The van der Waals surface area contributed by atoms with E-state index < -0.39 is 5.41 Å². The molecule has 9 aromatic rings. The van der Waals surface area contributed by atoms with E-state index in [1.54, 1.807) is 0 Å². The van der Waals surface area contributed by atoms with Crippen molar-refractivity contribution in [2.75, 3.05) is 4.90 Å². The second kappa shape index (κ2) is 15.2. The number of nitrogens with zero attached hydrogens (tertiary/aromatic N) is 1. The van der Waals surface area contributed by atoms with Gasteiger partial charge in [0.05, 0.1) is 16.8 Å². The molecule has 0 aliphatic heterocycles. The normalized spacial score (nSPS) is 16.3. The zero-order valence-corrected chi connectivity index (χ0v) is 39.6. The van der Waals surface area contributed by atoms with Gasteiger partial charge in [0.15, 0.2) is 0 Å². The molecule has 326 valence electrons. The maximum atomic E-state index is 2.61.